The Balaban J connectivity index is 1.58. The molecule has 0 aromatic carbocycles. The van der Waals surface area contributed by atoms with Gasteiger partial charge in [0.2, 0.25) is 0 Å². The van der Waals surface area contributed by atoms with E-state index < -0.39 is 0 Å². The Bertz CT molecular complexity index is 567. The molecule has 2 aliphatic heterocycles. The van der Waals surface area contributed by atoms with Crippen LogP contribution in [0, 0.1) is 13.8 Å². The van der Waals surface area contributed by atoms with Crippen LogP contribution in [0.5, 0.6) is 0 Å². The van der Waals surface area contributed by atoms with Gasteiger partial charge >= 0.3 is 0 Å². The molecule has 7 nitrogen and oxygen atoms in total. The van der Waals surface area contributed by atoms with Gasteiger partial charge < -0.3 is 19.9 Å². The topological polar surface area (TPSA) is 74.9 Å². The van der Waals surface area contributed by atoms with E-state index in [2.05, 4.69) is 25.7 Å². The van der Waals surface area contributed by atoms with Gasteiger partial charge in [-0.2, -0.15) is 0 Å². The number of rotatable bonds is 5. The van der Waals surface area contributed by atoms with E-state index in [4.69, 9.17) is 9.26 Å². The lowest BCUT2D eigenvalue weighted by Crippen LogP contribution is -2.58. The van der Waals surface area contributed by atoms with Crippen LogP contribution in [0.15, 0.2) is 9.52 Å². The smallest absolute Gasteiger partial charge is 0.191 e. The molecule has 140 valence electrons. The average Bonchev–Trinajstić information content (AvgIpc) is 3.28. The number of aryl methyl sites for hydroxylation is 2. The Kier molecular flexibility index (Phi) is 5.96. The van der Waals surface area contributed by atoms with Crippen LogP contribution >= 0.6 is 0 Å². The zero-order chi connectivity index (χ0) is 17.7. The van der Waals surface area contributed by atoms with Crippen LogP contribution in [-0.2, 0) is 11.3 Å². The molecule has 0 atom stereocenters. The lowest BCUT2D eigenvalue weighted by molar-refractivity contribution is -0.0164. The van der Waals surface area contributed by atoms with Crippen LogP contribution < -0.4 is 10.6 Å². The quantitative estimate of drug-likeness (QED) is 0.621. The maximum Gasteiger partial charge on any atom is 0.191 e. The van der Waals surface area contributed by atoms with Crippen molar-refractivity contribution in [3.8, 4) is 0 Å². The number of likely N-dealkylation sites (tertiary alicyclic amines) is 1. The van der Waals surface area contributed by atoms with Crippen LogP contribution in [0.25, 0.3) is 0 Å². The third-order valence-electron chi connectivity index (χ3n) is 5.62. The molecule has 2 fully saturated rings. The molecule has 0 unspecified atom stereocenters. The number of aromatic nitrogens is 1. The summed E-state index contributed by atoms with van der Waals surface area (Å²) < 4.78 is 10.9. The minimum atomic E-state index is 0.190. The van der Waals surface area contributed by atoms with Gasteiger partial charge in [-0.05, 0) is 52.6 Å². The molecule has 0 spiro atoms. The Morgan fingerprint density at radius 2 is 1.92 bits per heavy atom. The van der Waals surface area contributed by atoms with Crippen LogP contribution in [0.1, 0.15) is 42.7 Å². The molecule has 0 bridgehead atoms. The summed E-state index contributed by atoms with van der Waals surface area (Å²) in [4.78, 5) is 7.04. The molecule has 0 aliphatic carbocycles. The van der Waals surface area contributed by atoms with Gasteiger partial charge in [-0.1, -0.05) is 5.16 Å². The van der Waals surface area contributed by atoms with Crippen LogP contribution in [0.2, 0.25) is 0 Å². The minimum Gasteiger partial charge on any atom is -0.381 e. The van der Waals surface area contributed by atoms with Crippen molar-refractivity contribution in [3.05, 3.63) is 17.0 Å². The Morgan fingerprint density at radius 1 is 1.20 bits per heavy atom. The Morgan fingerprint density at radius 3 is 2.52 bits per heavy atom. The number of nitrogens with zero attached hydrogens (tertiary/aromatic N) is 3. The fourth-order valence-electron chi connectivity index (χ4n) is 3.94. The lowest BCUT2D eigenvalue weighted by Gasteiger charge is -2.45. The Hall–Kier alpha value is -1.60. The second-order valence-corrected chi connectivity index (χ2v) is 7.11. The van der Waals surface area contributed by atoms with Crippen LogP contribution in [-0.4, -0.2) is 61.5 Å². The molecule has 2 aliphatic rings. The number of ether oxygens (including phenoxy) is 1. The SMILES string of the molecule is CN=C(NCc1c(C)noc1C)NCC1(N2CCCC2)CCOCC1. The fourth-order valence-corrected chi connectivity index (χ4v) is 3.94. The number of guanidine groups is 1. The summed E-state index contributed by atoms with van der Waals surface area (Å²) in [6.45, 7) is 9.58. The summed E-state index contributed by atoms with van der Waals surface area (Å²) in [5, 5.41) is 10.9. The van der Waals surface area contributed by atoms with E-state index in [1.807, 2.05) is 20.9 Å². The average molecular weight is 349 g/mol. The molecule has 0 saturated carbocycles. The molecule has 2 N–H and O–H groups in total. The van der Waals surface area contributed by atoms with Crippen molar-refractivity contribution in [3.63, 3.8) is 0 Å². The van der Waals surface area contributed by atoms with Crippen molar-refractivity contribution < 1.29 is 9.26 Å². The molecule has 0 radical (unpaired) electrons. The summed E-state index contributed by atoms with van der Waals surface area (Å²) in [5.74, 6) is 1.68. The highest BCUT2D eigenvalue weighted by Crippen LogP contribution is 2.30. The Labute approximate surface area is 150 Å². The monoisotopic (exact) mass is 349 g/mol. The van der Waals surface area contributed by atoms with Gasteiger partial charge in [0.1, 0.15) is 5.76 Å². The fraction of sp³-hybridized carbons (Fsp3) is 0.778. The molecule has 3 heterocycles. The molecule has 3 rings (SSSR count). The zero-order valence-corrected chi connectivity index (χ0v) is 15.7. The minimum absolute atomic E-state index is 0.190. The number of aliphatic imine (C=N–C) groups is 1. The van der Waals surface area contributed by atoms with Gasteiger partial charge in [0.15, 0.2) is 5.96 Å². The van der Waals surface area contributed by atoms with E-state index in [0.29, 0.717) is 6.54 Å². The van der Waals surface area contributed by atoms with E-state index in [-0.39, 0.29) is 5.54 Å². The number of nitrogens with one attached hydrogen (secondary N) is 2. The van der Waals surface area contributed by atoms with Gasteiger partial charge in [-0.25, -0.2) is 0 Å². The highest BCUT2D eigenvalue weighted by atomic mass is 16.5. The second-order valence-electron chi connectivity index (χ2n) is 7.11. The van der Waals surface area contributed by atoms with E-state index in [1.165, 1.54) is 25.9 Å². The second kappa shape index (κ2) is 8.19. The normalized spacial score (nSPS) is 21.5. The molecule has 1 aromatic rings. The van der Waals surface area contributed by atoms with Crippen molar-refractivity contribution in [1.82, 2.24) is 20.7 Å². The highest BCUT2D eigenvalue weighted by Gasteiger charge is 2.39. The standard InChI is InChI=1S/C18H31N5O2/c1-14-16(15(2)25-22-14)12-20-17(19-3)21-13-18(6-10-24-11-7-18)23-8-4-5-9-23/h4-13H2,1-3H3,(H2,19,20,21). The summed E-state index contributed by atoms with van der Waals surface area (Å²) in [6, 6.07) is 0. The van der Waals surface area contributed by atoms with E-state index in [9.17, 15) is 0 Å². The first kappa shape index (κ1) is 18.2. The van der Waals surface area contributed by atoms with Gasteiger partial charge in [0.05, 0.1) is 5.69 Å². The first-order valence-electron chi connectivity index (χ1n) is 9.34. The molecular formula is C18H31N5O2. The van der Waals surface area contributed by atoms with E-state index in [1.54, 1.807) is 0 Å². The van der Waals surface area contributed by atoms with Crippen LogP contribution in [0.4, 0.5) is 0 Å². The largest absolute Gasteiger partial charge is 0.381 e. The van der Waals surface area contributed by atoms with E-state index in [0.717, 1.165) is 55.6 Å². The zero-order valence-electron chi connectivity index (χ0n) is 15.7. The number of hydrogen-bond acceptors (Lipinski definition) is 5. The third-order valence-corrected chi connectivity index (χ3v) is 5.62. The first-order chi connectivity index (χ1) is 12.1. The molecule has 1 aromatic heterocycles. The molecule has 7 heteroatoms. The summed E-state index contributed by atoms with van der Waals surface area (Å²) in [7, 11) is 1.81. The summed E-state index contributed by atoms with van der Waals surface area (Å²) in [5.41, 5.74) is 2.22. The van der Waals surface area contributed by atoms with Gasteiger partial charge in [-0.15, -0.1) is 0 Å². The van der Waals surface area contributed by atoms with Crippen molar-refractivity contribution >= 4 is 5.96 Å². The predicted molar refractivity (Wildman–Crippen MR) is 97.8 cm³/mol. The molecule has 2 saturated heterocycles. The van der Waals surface area contributed by atoms with Gasteiger partial charge in [0, 0.05) is 44.5 Å². The molecule has 25 heavy (non-hydrogen) atoms. The maximum absolute atomic E-state index is 5.62. The lowest BCUT2D eigenvalue weighted by atomic mass is 9.88. The predicted octanol–water partition coefficient (Wildman–Crippen LogP) is 1.60. The highest BCUT2D eigenvalue weighted by molar-refractivity contribution is 5.79. The third kappa shape index (κ3) is 4.15. The summed E-state index contributed by atoms with van der Waals surface area (Å²) >= 11 is 0. The van der Waals surface area contributed by atoms with Crippen molar-refractivity contribution in [1.29, 1.82) is 0 Å². The maximum atomic E-state index is 5.62. The molecule has 0 amide bonds. The first-order valence-corrected chi connectivity index (χ1v) is 9.34. The van der Waals surface area contributed by atoms with Crippen molar-refractivity contribution in [2.24, 2.45) is 4.99 Å². The molecular weight excluding hydrogens is 318 g/mol. The number of hydrogen-bond donors (Lipinski definition) is 2. The van der Waals surface area contributed by atoms with E-state index >= 15 is 0 Å². The van der Waals surface area contributed by atoms with Crippen molar-refractivity contribution in [2.75, 3.05) is 39.9 Å². The summed E-state index contributed by atoms with van der Waals surface area (Å²) in [6.07, 6.45) is 4.78. The van der Waals surface area contributed by atoms with Gasteiger partial charge in [-0.3, -0.25) is 9.89 Å². The van der Waals surface area contributed by atoms with Crippen molar-refractivity contribution in [2.45, 2.75) is 51.6 Å². The van der Waals surface area contributed by atoms with Crippen LogP contribution in [0.3, 0.4) is 0 Å². The van der Waals surface area contributed by atoms with Gasteiger partial charge in [0.25, 0.3) is 0 Å².